The van der Waals surface area contributed by atoms with E-state index in [9.17, 15) is 32.2 Å². The molecule has 3 N–H and O–H groups in total. The van der Waals surface area contributed by atoms with Crippen molar-refractivity contribution in [2.75, 3.05) is 6.54 Å². The molecule has 14 heteroatoms. The Morgan fingerprint density at radius 3 is 2.60 bits per heavy atom. The molecule has 0 bridgehead atoms. The van der Waals surface area contributed by atoms with Gasteiger partial charge in [0.1, 0.15) is 5.56 Å². The number of hydrogen-bond acceptors (Lipinski definition) is 7. The molecule has 6 rings (SSSR count). The number of rotatable bonds is 7. The number of aromatic carboxylic acids is 1. The second-order valence-corrected chi connectivity index (χ2v) is 13.2. The Morgan fingerprint density at radius 1 is 1.14 bits per heavy atom. The molecular formula is C29H31F3N6O4S. The van der Waals surface area contributed by atoms with Crippen molar-refractivity contribution in [1.29, 1.82) is 0 Å². The Kier molecular flexibility index (Phi) is 7.35. The zero-order valence-corrected chi connectivity index (χ0v) is 24.3. The van der Waals surface area contributed by atoms with Gasteiger partial charge >= 0.3 is 12.1 Å². The van der Waals surface area contributed by atoms with Crippen LogP contribution < -0.4 is 0 Å². The average Bonchev–Trinajstić information content (AvgIpc) is 3.43. The maximum atomic E-state index is 13.6. The third-order valence-corrected chi connectivity index (χ3v) is 10.3. The quantitative estimate of drug-likeness (QED) is 0.227. The van der Waals surface area contributed by atoms with E-state index in [4.69, 9.17) is 0 Å². The third kappa shape index (κ3) is 5.55. The van der Waals surface area contributed by atoms with Crippen molar-refractivity contribution in [2.24, 2.45) is 13.0 Å². The number of carbonyl (C=O) groups is 1. The van der Waals surface area contributed by atoms with Crippen LogP contribution in [0.1, 0.15) is 70.0 Å². The fourth-order valence-corrected chi connectivity index (χ4v) is 7.74. The molecule has 1 fully saturated rings. The SMILES string of the molecule is CCC1Cc2ccc(C(F)(F)F)cc2S(O)(O)N(Cc2cccc(-n3ncc(C(=O)O)c3[C@@H]3C[C@H]3c3cn(C)nn3)c2)C1. The van der Waals surface area contributed by atoms with Gasteiger partial charge in [0.2, 0.25) is 0 Å². The number of alkyl halides is 3. The molecule has 4 aromatic rings. The van der Waals surface area contributed by atoms with Gasteiger partial charge in [-0.2, -0.15) is 22.6 Å². The van der Waals surface area contributed by atoms with Gasteiger partial charge in [-0.1, -0.05) is 36.8 Å². The number of aromatic nitrogens is 5. The molecule has 0 amide bonds. The number of benzene rings is 2. The highest BCUT2D eigenvalue weighted by atomic mass is 32.3. The van der Waals surface area contributed by atoms with Gasteiger partial charge in [-0.15, -0.1) is 15.9 Å². The second kappa shape index (κ2) is 10.8. The van der Waals surface area contributed by atoms with Crippen molar-refractivity contribution in [3.8, 4) is 5.69 Å². The lowest BCUT2D eigenvalue weighted by Gasteiger charge is -2.43. The van der Waals surface area contributed by atoms with Gasteiger partial charge in [-0.3, -0.25) is 13.8 Å². The molecule has 1 aliphatic heterocycles. The topological polar surface area (TPSA) is 130 Å². The van der Waals surface area contributed by atoms with Gasteiger partial charge in [0.05, 0.1) is 33.7 Å². The van der Waals surface area contributed by atoms with E-state index in [0.29, 0.717) is 41.8 Å². The fourth-order valence-electron chi connectivity index (χ4n) is 5.92. The van der Waals surface area contributed by atoms with E-state index in [1.165, 1.54) is 16.6 Å². The lowest BCUT2D eigenvalue weighted by atomic mass is 9.96. The molecule has 0 saturated heterocycles. The summed E-state index contributed by atoms with van der Waals surface area (Å²) in [5, 5.41) is 22.5. The van der Waals surface area contributed by atoms with E-state index < -0.39 is 28.5 Å². The number of carboxylic acids is 1. The average molecular weight is 617 g/mol. The van der Waals surface area contributed by atoms with Crippen LogP contribution in [0.25, 0.3) is 5.69 Å². The van der Waals surface area contributed by atoms with E-state index in [1.54, 1.807) is 40.7 Å². The second-order valence-electron chi connectivity index (χ2n) is 11.2. The summed E-state index contributed by atoms with van der Waals surface area (Å²) in [4.78, 5) is 12.0. The van der Waals surface area contributed by atoms with Crippen LogP contribution >= 0.6 is 10.8 Å². The first-order valence-corrected chi connectivity index (χ1v) is 15.4. The number of hydrogen-bond donors (Lipinski definition) is 3. The molecule has 228 valence electrons. The van der Waals surface area contributed by atoms with Gasteiger partial charge < -0.3 is 5.11 Å². The van der Waals surface area contributed by atoms with E-state index in [2.05, 4.69) is 15.4 Å². The van der Waals surface area contributed by atoms with E-state index >= 15 is 0 Å². The van der Waals surface area contributed by atoms with Crippen molar-refractivity contribution < 1.29 is 32.2 Å². The minimum Gasteiger partial charge on any atom is -0.478 e. The number of fused-ring (bicyclic) bond motifs is 1. The maximum Gasteiger partial charge on any atom is 0.416 e. The molecule has 2 aliphatic rings. The highest BCUT2D eigenvalue weighted by Crippen LogP contribution is 2.57. The Labute approximate surface area is 247 Å². The Bertz CT molecular complexity index is 1690. The first-order valence-electron chi connectivity index (χ1n) is 13.9. The minimum atomic E-state index is -4.62. The first-order chi connectivity index (χ1) is 20.4. The molecule has 43 heavy (non-hydrogen) atoms. The summed E-state index contributed by atoms with van der Waals surface area (Å²) in [6.45, 7) is 2.29. The standard InChI is InChI=1S/C29H31F3N6O4S/c1-3-17-9-19-7-8-20(29(30,31)32)11-26(19)43(41,42)37(14-17)15-18-5-4-6-21(10-18)38-27(24(13-33-38)28(39)40)23-12-22(23)25-16-36(2)35-34-25/h4-8,10-11,13,16-17,22-23,41-42H,3,9,12,14-15H2,1-2H3,(H,39,40)/t17?,22-,23-/m1/s1. The van der Waals surface area contributed by atoms with Crippen LogP contribution in [0, 0.1) is 5.92 Å². The summed E-state index contributed by atoms with van der Waals surface area (Å²) < 4.78 is 68.2. The fraction of sp³-hybridized carbons (Fsp3) is 0.379. The van der Waals surface area contributed by atoms with E-state index in [1.807, 2.05) is 13.1 Å². The number of halogens is 3. The molecule has 2 aromatic heterocycles. The van der Waals surface area contributed by atoms with Crippen LogP contribution in [0.4, 0.5) is 13.2 Å². The largest absolute Gasteiger partial charge is 0.478 e. The molecule has 1 unspecified atom stereocenters. The highest BCUT2D eigenvalue weighted by Gasteiger charge is 2.46. The summed E-state index contributed by atoms with van der Waals surface area (Å²) >= 11 is 0. The van der Waals surface area contributed by atoms with Crippen LogP contribution in [-0.4, -0.2) is 55.8 Å². The zero-order chi connectivity index (χ0) is 30.7. The van der Waals surface area contributed by atoms with E-state index in [-0.39, 0.29) is 41.3 Å². The van der Waals surface area contributed by atoms with Crippen molar-refractivity contribution in [3.05, 3.63) is 88.5 Å². The normalized spacial score (nSPS) is 22.5. The lowest BCUT2D eigenvalue weighted by molar-refractivity contribution is -0.137. The summed E-state index contributed by atoms with van der Waals surface area (Å²) in [6, 6.07) is 10.3. The van der Waals surface area contributed by atoms with Crippen LogP contribution in [0.3, 0.4) is 0 Å². The molecule has 3 atom stereocenters. The zero-order valence-electron chi connectivity index (χ0n) is 23.4. The van der Waals surface area contributed by atoms with Crippen molar-refractivity contribution in [1.82, 2.24) is 29.1 Å². The van der Waals surface area contributed by atoms with Crippen LogP contribution in [0.2, 0.25) is 0 Å². The Hall–Kier alpha value is -3.72. The molecule has 0 spiro atoms. The van der Waals surface area contributed by atoms with Crippen molar-refractivity contribution in [2.45, 2.75) is 55.6 Å². The highest BCUT2D eigenvalue weighted by molar-refractivity contribution is 8.22. The Balaban J connectivity index is 1.33. The monoisotopic (exact) mass is 616 g/mol. The van der Waals surface area contributed by atoms with E-state index in [0.717, 1.165) is 17.8 Å². The summed E-state index contributed by atoms with van der Waals surface area (Å²) in [6.07, 6.45) is 0.337. The molecule has 3 heterocycles. The molecule has 0 radical (unpaired) electrons. The van der Waals surface area contributed by atoms with Gasteiger partial charge in [-0.05, 0) is 54.2 Å². The molecule has 10 nitrogen and oxygen atoms in total. The molecular weight excluding hydrogens is 585 g/mol. The predicted octanol–water partition coefficient (Wildman–Crippen LogP) is 6.10. The number of carboxylic acid groups (broad SMARTS) is 1. The predicted molar refractivity (Wildman–Crippen MR) is 152 cm³/mol. The molecule has 1 aliphatic carbocycles. The van der Waals surface area contributed by atoms with Crippen LogP contribution in [-0.2, 0) is 26.2 Å². The van der Waals surface area contributed by atoms with Crippen molar-refractivity contribution >= 4 is 16.7 Å². The number of nitrogens with zero attached hydrogens (tertiary/aromatic N) is 6. The first kappa shape index (κ1) is 29.4. The maximum absolute atomic E-state index is 13.6. The summed E-state index contributed by atoms with van der Waals surface area (Å²) in [7, 11) is -1.99. The van der Waals surface area contributed by atoms with Gasteiger partial charge in [0, 0.05) is 38.2 Å². The van der Waals surface area contributed by atoms with Gasteiger partial charge in [0.15, 0.2) is 0 Å². The third-order valence-electron chi connectivity index (χ3n) is 8.29. The summed E-state index contributed by atoms with van der Waals surface area (Å²) in [5.41, 5.74) is 2.23. The number of aryl methyl sites for hydroxylation is 1. The van der Waals surface area contributed by atoms with Crippen molar-refractivity contribution in [3.63, 3.8) is 0 Å². The molecule has 1 saturated carbocycles. The van der Waals surface area contributed by atoms with Crippen LogP contribution in [0.15, 0.2) is 59.8 Å². The Morgan fingerprint density at radius 2 is 1.93 bits per heavy atom. The minimum absolute atomic E-state index is 0.00293. The smallest absolute Gasteiger partial charge is 0.416 e. The van der Waals surface area contributed by atoms with Crippen LogP contribution in [0.5, 0.6) is 0 Å². The van der Waals surface area contributed by atoms with Gasteiger partial charge in [0.25, 0.3) is 0 Å². The molecule has 2 aromatic carbocycles. The lowest BCUT2D eigenvalue weighted by Crippen LogP contribution is -2.30. The van der Waals surface area contributed by atoms with Gasteiger partial charge in [-0.25, -0.2) is 9.48 Å². The summed E-state index contributed by atoms with van der Waals surface area (Å²) in [5.74, 6) is -1.22.